The molecule has 1 aromatic heterocycles. The standard InChI is InChI=1S/C18H18N2O3/c1-12-14-10-16(21)17(22)11-15(14)20(18(23)19-12)9-5-8-13-6-3-2-4-7-13/h2-4,6-7,10-11,21-22H,5,8-9H2,1H3. The van der Waals surface area contributed by atoms with Crippen molar-refractivity contribution in [1.29, 1.82) is 0 Å². The highest BCUT2D eigenvalue weighted by Gasteiger charge is 2.11. The molecule has 1 heterocycles. The van der Waals surface area contributed by atoms with Crippen LogP contribution >= 0.6 is 0 Å². The second-order valence-corrected chi connectivity index (χ2v) is 5.58. The third kappa shape index (κ3) is 3.04. The van der Waals surface area contributed by atoms with Gasteiger partial charge < -0.3 is 10.2 Å². The van der Waals surface area contributed by atoms with Crippen molar-refractivity contribution in [2.45, 2.75) is 26.3 Å². The van der Waals surface area contributed by atoms with Gasteiger partial charge in [0.05, 0.1) is 11.2 Å². The van der Waals surface area contributed by atoms with Gasteiger partial charge in [0.15, 0.2) is 11.5 Å². The Kier molecular flexibility index (Phi) is 4.02. The molecule has 0 aliphatic heterocycles. The van der Waals surface area contributed by atoms with E-state index in [0.29, 0.717) is 23.1 Å². The predicted octanol–water partition coefficient (Wildman–Crippen LogP) is 2.75. The Bertz CT molecular complexity index is 902. The number of hydrogen-bond donors (Lipinski definition) is 2. The SMILES string of the molecule is Cc1nc(=O)n(CCCc2ccccc2)c2cc(O)c(O)cc12. The van der Waals surface area contributed by atoms with Crippen molar-refractivity contribution in [2.75, 3.05) is 0 Å². The molecule has 0 amide bonds. The Hall–Kier alpha value is -2.82. The Morgan fingerprint density at radius 1 is 1.09 bits per heavy atom. The molecule has 0 fully saturated rings. The fourth-order valence-electron chi connectivity index (χ4n) is 2.75. The largest absolute Gasteiger partial charge is 0.504 e. The summed E-state index contributed by atoms with van der Waals surface area (Å²) in [6, 6.07) is 12.9. The smallest absolute Gasteiger partial charge is 0.348 e. The monoisotopic (exact) mass is 310 g/mol. The lowest BCUT2D eigenvalue weighted by atomic mass is 10.1. The molecule has 2 N–H and O–H groups in total. The first-order chi connectivity index (χ1) is 11.1. The fraction of sp³-hybridized carbons (Fsp3) is 0.222. The Labute approximate surface area is 133 Å². The van der Waals surface area contributed by atoms with Crippen LogP contribution in [0.3, 0.4) is 0 Å². The summed E-state index contributed by atoms with van der Waals surface area (Å²) >= 11 is 0. The van der Waals surface area contributed by atoms with E-state index in [0.717, 1.165) is 12.8 Å². The summed E-state index contributed by atoms with van der Waals surface area (Å²) in [5, 5.41) is 20.1. The van der Waals surface area contributed by atoms with Crippen LogP contribution in [0.1, 0.15) is 17.7 Å². The lowest BCUT2D eigenvalue weighted by molar-refractivity contribution is 0.404. The van der Waals surface area contributed by atoms with Crippen LogP contribution in [0.5, 0.6) is 11.5 Å². The van der Waals surface area contributed by atoms with Crippen molar-refractivity contribution in [3.05, 3.63) is 64.2 Å². The normalized spacial score (nSPS) is 11.0. The first-order valence-corrected chi connectivity index (χ1v) is 7.53. The molecule has 5 nitrogen and oxygen atoms in total. The second kappa shape index (κ2) is 6.12. The van der Waals surface area contributed by atoms with Crippen LogP contribution in [-0.2, 0) is 13.0 Å². The molecule has 2 aromatic carbocycles. The van der Waals surface area contributed by atoms with Crippen molar-refractivity contribution in [3.63, 3.8) is 0 Å². The van der Waals surface area contributed by atoms with Crippen LogP contribution in [0.4, 0.5) is 0 Å². The highest BCUT2D eigenvalue weighted by molar-refractivity contribution is 5.84. The molecule has 3 aromatic rings. The number of phenols is 2. The van der Waals surface area contributed by atoms with Gasteiger partial charge in [0, 0.05) is 18.0 Å². The first-order valence-electron chi connectivity index (χ1n) is 7.53. The average molecular weight is 310 g/mol. The summed E-state index contributed by atoms with van der Waals surface area (Å²) in [4.78, 5) is 16.2. The lowest BCUT2D eigenvalue weighted by Crippen LogP contribution is -2.24. The molecular weight excluding hydrogens is 292 g/mol. The summed E-state index contributed by atoms with van der Waals surface area (Å²) in [7, 11) is 0. The van der Waals surface area contributed by atoms with Gasteiger partial charge in [-0.05, 0) is 31.4 Å². The van der Waals surface area contributed by atoms with Gasteiger partial charge in [-0.1, -0.05) is 30.3 Å². The Morgan fingerprint density at radius 3 is 2.52 bits per heavy atom. The van der Waals surface area contributed by atoms with Gasteiger partial charge in [-0.25, -0.2) is 4.79 Å². The minimum absolute atomic E-state index is 0.211. The molecule has 0 saturated heterocycles. The van der Waals surface area contributed by atoms with Gasteiger partial charge in [0.2, 0.25) is 0 Å². The van der Waals surface area contributed by atoms with E-state index < -0.39 is 0 Å². The number of aromatic nitrogens is 2. The van der Waals surface area contributed by atoms with E-state index in [1.807, 2.05) is 18.2 Å². The number of benzene rings is 2. The van der Waals surface area contributed by atoms with E-state index in [9.17, 15) is 15.0 Å². The van der Waals surface area contributed by atoms with E-state index in [4.69, 9.17) is 0 Å². The van der Waals surface area contributed by atoms with Gasteiger partial charge in [0.25, 0.3) is 0 Å². The molecule has 0 aliphatic carbocycles. The van der Waals surface area contributed by atoms with E-state index in [-0.39, 0.29) is 17.2 Å². The van der Waals surface area contributed by atoms with Crippen LogP contribution in [0, 0.1) is 6.92 Å². The van der Waals surface area contributed by atoms with Crippen molar-refractivity contribution >= 4 is 10.9 Å². The highest BCUT2D eigenvalue weighted by atomic mass is 16.3. The van der Waals surface area contributed by atoms with Crippen LogP contribution in [0.25, 0.3) is 10.9 Å². The minimum atomic E-state index is -0.340. The molecule has 0 atom stereocenters. The predicted molar refractivity (Wildman–Crippen MR) is 88.8 cm³/mol. The van der Waals surface area contributed by atoms with Crippen LogP contribution in [0.15, 0.2) is 47.3 Å². The highest BCUT2D eigenvalue weighted by Crippen LogP contribution is 2.30. The molecule has 0 saturated carbocycles. The molecular formula is C18H18N2O3. The van der Waals surface area contributed by atoms with Gasteiger partial charge in [0.1, 0.15) is 0 Å². The van der Waals surface area contributed by atoms with Crippen molar-refractivity contribution in [2.24, 2.45) is 0 Å². The van der Waals surface area contributed by atoms with E-state index >= 15 is 0 Å². The topological polar surface area (TPSA) is 75.4 Å². The van der Waals surface area contributed by atoms with Crippen LogP contribution < -0.4 is 5.69 Å². The van der Waals surface area contributed by atoms with Crippen molar-refractivity contribution in [3.8, 4) is 11.5 Å². The molecule has 0 radical (unpaired) electrons. The summed E-state index contributed by atoms with van der Waals surface area (Å²) in [6.45, 7) is 2.22. The average Bonchev–Trinajstić information content (AvgIpc) is 2.53. The summed E-state index contributed by atoms with van der Waals surface area (Å²) in [5.74, 6) is -0.448. The molecule has 0 bridgehead atoms. The number of fused-ring (bicyclic) bond motifs is 1. The number of hydrogen-bond acceptors (Lipinski definition) is 4. The maximum atomic E-state index is 12.2. The van der Waals surface area contributed by atoms with Gasteiger partial charge in [-0.3, -0.25) is 4.57 Å². The van der Waals surface area contributed by atoms with Crippen molar-refractivity contribution < 1.29 is 10.2 Å². The number of aryl methyl sites for hydroxylation is 3. The van der Waals surface area contributed by atoms with Crippen LogP contribution in [-0.4, -0.2) is 19.8 Å². The molecule has 0 spiro atoms. The summed E-state index contributed by atoms with van der Waals surface area (Å²) in [6.07, 6.45) is 1.64. The third-order valence-electron chi connectivity index (χ3n) is 3.96. The zero-order valence-electron chi connectivity index (χ0n) is 12.9. The van der Waals surface area contributed by atoms with Gasteiger partial charge in [-0.2, -0.15) is 4.98 Å². The number of aromatic hydroxyl groups is 2. The fourth-order valence-corrected chi connectivity index (χ4v) is 2.75. The van der Waals surface area contributed by atoms with E-state index in [1.165, 1.54) is 17.7 Å². The zero-order chi connectivity index (χ0) is 16.4. The summed E-state index contributed by atoms with van der Waals surface area (Å²) < 4.78 is 1.55. The van der Waals surface area contributed by atoms with E-state index in [2.05, 4.69) is 17.1 Å². The Balaban J connectivity index is 1.93. The number of nitrogens with zero attached hydrogens (tertiary/aromatic N) is 2. The molecule has 0 aliphatic rings. The quantitative estimate of drug-likeness (QED) is 0.727. The third-order valence-corrected chi connectivity index (χ3v) is 3.96. The lowest BCUT2D eigenvalue weighted by Gasteiger charge is -2.12. The number of rotatable bonds is 4. The molecule has 5 heteroatoms. The maximum absolute atomic E-state index is 12.2. The molecule has 0 unspecified atom stereocenters. The molecule has 3 rings (SSSR count). The minimum Gasteiger partial charge on any atom is -0.504 e. The first kappa shape index (κ1) is 15.1. The molecule has 23 heavy (non-hydrogen) atoms. The maximum Gasteiger partial charge on any atom is 0.348 e. The Morgan fingerprint density at radius 2 is 1.78 bits per heavy atom. The van der Waals surface area contributed by atoms with E-state index in [1.54, 1.807) is 11.5 Å². The second-order valence-electron chi connectivity index (χ2n) is 5.58. The molecule has 118 valence electrons. The van der Waals surface area contributed by atoms with Gasteiger partial charge in [-0.15, -0.1) is 0 Å². The van der Waals surface area contributed by atoms with Crippen molar-refractivity contribution in [1.82, 2.24) is 9.55 Å². The van der Waals surface area contributed by atoms with Crippen LogP contribution in [0.2, 0.25) is 0 Å². The van der Waals surface area contributed by atoms with Gasteiger partial charge >= 0.3 is 5.69 Å². The zero-order valence-corrected chi connectivity index (χ0v) is 12.9. The number of phenolic OH excluding ortho intramolecular Hbond substituents is 2. The summed E-state index contributed by atoms with van der Waals surface area (Å²) in [5.41, 5.74) is 2.00.